The van der Waals surface area contributed by atoms with Crippen molar-refractivity contribution in [3.8, 4) is 0 Å². The fourth-order valence-electron chi connectivity index (χ4n) is 3.15. The predicted molar refractivity (Wildman–Crippen MR) is 102 cm³/mol. The lowest BCUT2D eigenvalue weighted by Gasteiger charge is -2.24. The number of anilines is 2. The molecule has 0 amide bonds. The van der Waals surface area contributed by atoms with Crippen molar-refractivity contribution >= 4 is 22.3 Å². The van der Waals surface area contributed by atoms with Gasteiger partial charge in [-0.15, -0.1) is 5.10 Å². The fourth-order valence-corrected chi connectivity index (χ4v) is 3.15. The summed E-state index contributed by atoms with van der Waals surface area (Å²) in [5, 5.41) is 20.7. The lowest BCUT2D eigenvalue weighted by molar-refractivity contribution is -0.604. The van der Waals surface area contributed by atoms with Crippen molar-refractivity contribution in [1.29, 1.82) is 0 Å². The van der Waals surface area contributed by atoms with Crippen LogP contribution in [0.25, 0.3) is 10.8 Å². The maximum atomic E-state index is 14.2. The van der Waals surface area contributed by atoms with Crippen LogP contribution < -0.4 is 9.63 Å². The van der Waals surface area contributed by atoms with Crippen LogP contribution in [-0.2, 0) is 6.54 Å². The molecule has 0 atom stereocenters. The van der Waals surface area contributed by atoms with Crippen molar-refractivity contribution in [2.45, 2.75) is 13.5 Å². The number of para-hydroxylation sites is 1. The van der Waals surface area contributed by atoms with Crippen molar-refractivity contribution in [2.24, 2.45) is 0 Å². The minimum absolute atomic E-state index is 0.0594. The number of hydrogen-bond donors (Lipinski definition) is 0. The number of aromatic nitrogens is 3. The van der Waals surface area contributed by atoms with Crippen LogP contribution in [0, 0.1) is 23.8 Å². The molecule has 0 aliphatic carbocycles. The molecule has 0 aliphatic heterocycles. The Hall–Kier alpha value is -3.61. The van der Waals surface area contributed by atoms with Gasteiger partial charge in [-0.1, -0.05) is 24.3 Å². The molecule has 4 rings (SSSR count). The Kier molecular flexibility index (Phi) is 4.57. The average Bonchev–Trinajstić information content (AvgIpc) is 2.70. The molecule has 7 heteroatoms. The second kappa shape index (κ2) is 7.19. The Morgan fingerprint density at radius 2 is 1.82 bits per heavy atom. The predicted octanol–water partition coefficient (Wildman–Crippen LogP) is 4.19. The van der Waals surface area contributed by atoms with Crippen LogP contribution in [0.4, 0.5) is 20.3 Å². The Balaban J connectivity index is 1.87. The first-order valence-corrected chi connectivity index (χ1v) is 8.64. The van der Waals surface area contributed by atoms with Crippen molar-refractivity contribution < 1.29 is 13.5 Å². The van der Waals surface area contributed by atoms with E-state index in [1.54, 1.807) is 6.20 Å². The van der Waals surface area contributed by atoms with E-state index in [1.165, 1.54) is 12.3 Å². The Labute approximate surface area is 160 Å². The molecule has 0 aliphatic rings. The second-order valence-electron chi connectivity index (χ2n) is 6.48. The van der Waals surface area contributed by atoms with Gasteiger partial charge in [0, 0.05) is 16.6 Å². The summed E-state index contributed by atoms with van der Waals surface area (Å²) < 4.78 is 28.4. The van der Waals surface area contributed by atoms with Crippen LogP contribution in [0.2, 0.25) is 0 Å². The summed E-state index contributed by atoms with van der Waals surface area (Å²) in [6, 6.07) is 13.9. The quantitative estimate of drug-likeness (QED) is 0.395. The molecular weight excluding hydrogens is 362 g/mol. The molecule has 0 bridgehead atoms. The van der Waals surface area contributed by atoms with Gasteiger partial charge >= 0.3 is 0 Å². The van der Waals surface area contributed by atoms with Gasteiger partial charge in [0.05, 0.1) is 18.1 Å². The van der Waals surface area contributed by atoms with Gasteiger partial charge in [0.2, 0.25) is 0 Å². The van der Waals surface area contributed by atoms with Gasteiger partial charge < -0.3 is 10.1 Å². The van der Waals surface area contributed by atoms with Crippen molar-refractivity contribution in [1.82, 2.24) is 10.2 Å². The number of aryl methyl sites for hydroxylation is 1. The molecule has 0 fully saturated rings. The highest BCUT2D eigenvalue weighted by atomic mass is 19.2. The summed E-state index contributed by atoms with van der Waals surface area (Å²) in [6.07, 6.45) is 4.05. The highest BCUT2D eigenvalue weighted by Crippen LogP contribution is 2.29. The van der Waals surface area contributed by atoms with E-state index in [1.807, 2.05) is 48.2 Å². The van der Waals surface area contributed by atoms with E-state index in [0.717, 1.165) is 23.5 Å². The van der Waals surface area contributed by atoms with Crippen LogP contribution >= 0.6 is 0 Å². The first kappa shape index (κ1) is 17.8. The molecular formula is C21H16F2N4O. The van der Waals surface area contributed by atoms with Crippen molar-refractivity contribution in [3.05, 3.63) is 95.1 Å². The molecule has 4 aromatic rings. The lowest BCUT2D eigenvalue weighted by atomic mass is 10.1. The summed E-state index contributed by atoms with van der Waals surface area (Å²) >= 11 is 0. The van der Waals surface area contributed by atoms with Crippen LogP contribution in [0.5, 0.6) is 0 Å². The van der Waals surface area contributed by atoms with E-state index >= 15 is 0 Å². The minimum Gasteiger partial charge on any atom is -0.619 e. The van der Waals surface area contributed by atoms with Crippen LogP contribution in [0.3, 0.4) is 0 Å². The maximum Gasteiger partial charge on any atom is 0.191 e. The topological polar surface area (TPSA) is 56.0 Å². The van der Waals surface area contributed by atoms with Gasteiger partial charge in [-0.05, 0) is 36.8 Å². The van der Waals surface area contributed by atoms with Gasteiger partial charge in [-0.2, -0.15) is 9.83 Å². The number of halogens is 2. The molecule has 2 heterocycles. The zero-order valence-electron chi connectivity index (χ0n) is 15.0. The Bertz CT molecular complexity index is 1150. The Morgan fingerprint density at radius 1 is 1.04 bits per heavy atom. The summed E-state index contributed by atoms with van der Waals surface area (Å²) in [5.41, 5.74) is 2.30. The molecule has 0 N–H and O–H groups in total. The third kappa shape index (κ3) is 3.34. The van der Waals surface area contributed by atoms with Gasteiger partial charge in [0.1, 0.15) is 0 Å². The number of rotatable bonds is 4. The highest BCUT2D eigenvalue weighted by molar-refractivity contribution is 5.85. The average molecular weight is 378 g/mol. The third-order valence-electron chi connectivity index (χ3n) is 4.47. The summed E-state index contributed by atoms with van der Waals surface area (Å²) in [4.78, 5) is 1.87. The number of hydrogen-bond acceptors (Lipinski definition) is 4. The molecule has 0 saturated carbocycles. The van der Waals surface area contributed by atoms with Gasteiger partial charge in [0.15, 0.2) is 29.8 Å². The summed E-state index contributed by atoms with van der Waals surface area (Å²) in [6.45, 7) is 2.13. The van der Waals surface area contributed by atoms with E-state index in [0.29, 0.717) is 21.5 Å². The highest BCUT2D eigenvalue weighted by Gasteiger charge is 2.19. The summed E-state index contributed by atoms with van der Waals surface area (Å²) in [7, 11) is 0. The number of pyridine rings is 1. The maximum absolute atomic E-state index is 14.2. The van der Waals surface area contributed by atoms with E-state index in [9.17, 15) is 14.0 Å². The fraction of sp³-hybridized carbons (Fsp3) is 0.0952. The SMILES string of the molecule is Cc1cnnc(N(Cc2c[n+]([O-])cc3c(F)c(F)ccc23)c2ccccc2)c1. The smallest absolute Gasteiger partial charge is 0.191 e. The molecule has 2 aromatic heterocycles. The zero-order chi connectivity index (χ0) is 19.7. The monoisotopic (exact) mass is 378 g/mol. The van der Waals surface area contributed by atoms with Crippen LogP contribution in [0.15, 0.2) is 67.1 Å². The Morgan fingerprint density at radius 3 is 2.57 bits per heavy atom. The molecule has 28 heavy (non-hydrogen) atoms. The van der Waals surface area contributed by atoms with E-state index in [4.69, 9.17) is 0 Å². The van der Waals surface area contributed by atoms with Crippen LogP contribution in [-0.4, -0.2) is 10.2 Å². The van der Waals surface area contributed by atoms with Gasteiger partial charge in [-0.3, -0.25) is 0 Å². The van der Waals surface area contributed by atoms with Crippen molar-refractivity contribution in [2.75, 3.05) is 4.90 Å². The molecule has 0 spiro atoms. The molecule has 0 unspecified atom stereocenters. The van der Waals surface area contributed by atoms with Crippen LogP contribution in [0.1, 0.15) is 11.1 Å². The number of fused-ring (bicyclic) bond motifs is 1. The number of benzene rings is 2. The van der Waals surface area contributed by atoms with E-state index in [-0.39, 0.29) is 11.9 Å². The first-order chi connectivity index (χ1) is 13.5. The molecule has 5 nitrogen and oxygen atoms in total. The minimum atomic E-state index is -1.04. The zero-order valence-corrected chi connectivity index (χ0v) is 15.0. The molecule has 2 aromatic carbocycles. The number of nitrogens with zero attached hydrogens (tertiary/aromatic N) is 4. The lowest BCUT2D eigenvalue weighted by Crippen LogP contribution is -2.28. The van der Waals surface area contributed by atoms with Crippen molar-refractivity contribution in [3.63, 3.8) is 0 Å². The van der Waals surface area contributed by atoms with E-state index < -0.39 is 11.6 Å². The van der Waals surface area contributed by atoms with E-state index in [2.05, 4.69) is 10.2 Å². The summed E-state index contributed by atoms with van der Waals surface area (Å²) in [5.74, 6) is -1.44. The van der Waals surface area contributed by atoms with Gasteiger partial charge in [-0.25, -0.2) is 8.78 Å². The standard InChI is InChI=1S/C21H16F2N4O/c1-14-9-20(25-24-10-14)27(16-5-3-2-4-6-16)12-15-11-26(28)13-18-17(15)7-8-19(22)21(18)23/h2-11,13H,12H2,1H3. The second-order valence-corrected chi connectivity index (χ2v) is 6.48. The molecule has 140 valence electrons. The largest absolute Gasteiger partial charge is 0.619 e. The normalized spacial score (nSPS) is 11.0. The van der Waals surface area contributed by atoms with Gasteiger partial charge in [0.25, 0.3) is 0 Å². The molecule has 0 radical (unpaired) electrons. The first-order valence-electron chi connectivity index (χ1n) is 8.64. The third-order valence-corrected chi connectivity index (χ3v) is 4.47. The molecule has 0 saturated heterocycles.